The van der Waals surface area contributed by atoms with Gasteiger partial charge in [0.25, 0.3) is 0 Å². The lowest BCUT2D eigenvalue weighted by Gasteiger charge is -1.88. The van der Waals surface area contributed by atoms with Crippen LogP contribution in [0.1, 0.15) is 26.2 Å². The molecule has 0 unspecified atom stereocenters. The standard InChI is InChI=1S/C7H11FO2/c1-2-3-4-5-6(8)7(9)10/h5H,2-4H2,1H3,(H,9,10). The van der Waals surface area contributed by atoms with Crippen molar-refractivity contribution in [1.29, 1.82) is 0 Å². The third-order valence-corrected chi connectivity index (χ3v) is 1.09. The number of hydrogen-bond acceptors (Lipinski definition) is 1. The van der Waals surface area contributed by atoms with Gasteiger partial charge in [-0.2, -0.15) is 4.39 Å². The zero-order valence-corrected chi connectivity index (χ0v) is 5.93. The molecule has 0 aromatic rings. The quantitative estimate of drug-likeness (QED) is 0.487. The number of aliphatic carboxylic acids is 1. The maximum atomic E-state index is 12.1. The van der Waals surface area contributed by atoms with E-state index >= 15 is 0 Å². The van der Waals surface area contributed by atoms with Crippen LogP contribution in [0, 0.1) is 0 Å². The molecule has 0 rings (SSSR count). The second-order valence-corrected chi connectivity index (χ2v) is 2.00. The van der Waals surface area contributed by atoms with Crippen LogP contribution < -0.4 is 0 Å². The predicted molar refractivity (Wildman–Crippen MR) is 36.4 cm³/mol. The number of carboxylic acids is 1. The SMILES string of the molecule is CCCCC=C(F)C(=O)O. The summed E-state index contributed by atoms with van der Waals surface area (Å²) in [5, 5.41) is 8.04. The van der Waals surface area contributed by atoms with Crippen molar-refractivity contribution in [3.05, 3.63) is 11.9 Å². The topological polar surface area (TPSA) is 37.3 Å². The van der Waals surface area contributed by atoms with Gasteiger partial charge in [-0.15, -0.1) is 0 Å². The first-order valence-electron chi connectivity index (χ1n) is 3.27. The minimum absolute atomic E-state index is 0.509. The number of halogens is 1. The zero-order chi connectivity index (χ0) is 7.98. The lowest BCUT2D eigenvalue weighted by molar-refractivity contribution is -0.134. The van der Waals surface area contributed by atoms with Gasteiger partial charge in [0.15, 0.2) is 0 Å². The molecule has 3 heteroatoms. The van der Waals surface area contributed by atoms with Crippen molar-refractivity contribution in [2.45, 2.75) is 26.2 Å². The Kier molecular flexibility index (Phi) is 4.54. The number of unbranched alkanes of at least 4 members (excludes halogenated alkanes) is 2. The molecule has 0 saturated heterocycles. The fraction of sp³-hybridized carbons (Fsp3) is 0.571. The number of hydrogen-bond donors (Lipinski definition) is 1. The smallest absolute Gasteiger partial charge is 0.364 e. The number of carboxylic acid groups (broad SMARTS) is 1. The monoisotopic (exact) mass is 146 g/mol. The summed E-state index contributed by atoms with van der Waals surface area (Å²) in [6.07, 6.45) is 3.39. The molecule has 0 spiro atoms. The van der Waals surface area contributed by atoms with Crippen LogP contribution in [-0.4, -0.2) is 11.1 Å². The largest absolute Gasteiger partial charge is 0.476 e. The van der Waals surface area contributed by atoms with Crippen LogP contribution in [0.5, 0.6) is 0 Å². The average molecular weight is 146 g/mol. The van der Waals surface area contributed by atoms with E-state index in [1.807, 2.05) is 6.92 Å². The van der Waals surface area contributed by atoms with Crippen LogP contribution in [0.3, 0.4) is 0 Å². The minimum Gasteiger partial charge on any atom is -0.476 e. The average Bonchev–Trinajstić information content (AvgIpc) is 1.88. The third kappa shape index (κ3) is 4.06. The van der Waals surface area contributed by atoms with Crippen molar-refractivity contribution in [2.75, 3.05) is 0 Å². The van der Waals surface area contributed by atoms with E-state index in [-0.39, 0.29) is 0 Å². The molecule has 1 N–H and O–H groups in total. The molecule has 0 aliphatic rings. The summed E-state index contributed by atoms with van der Waals surface area (Å²) >= 11 is 0. The van der Waals surface area contributed by atoms with Crippen molar-refractivity contribution in [3.8, 4) is 0 Å². The van der Waals surface area contributed by atoms with Gasteiger partial charge >= 0.3 is 5.97 Å². The van der Waals surface area contributed by atoms with Crippen LogP contribution >= 0.6 is 0 Å². The van der Waals surface area contributed by atoms with Crippen molar-refractivity contribution in [1.82, 2.24) is 0 Å². The molecule has 58 valence electrons. The Morgan fingerprint density at radius 2 is 2.30 bits per heavy atom. The van der Waals surface area contributed by atoms with Gasteiger partial charge in [-0.1, -0.05) is 13.3 Å². The number of carbonyl (C=O) groups is 1. The van der Waals surface area contributed by atoms with E-state index in [1.54, 1.807) is 0 Å². The maximum Gasteiger partial charge on any atom is 0.364 e. The van der Waals surface area contributed by atoms with Gasteiger partial charge in [0.1, 0.15) is 0 Å². The second kappa shape index (κ2) is 4.97. The van der Waals surface area contributed by atoms with Gasteiger partial charge in [0, 0.05) is 0 Å². The fourth-order valence-electron chi connectivity index (χ4n) is 0.520. The summed E-state index contributed by atoms with van der Waals surface area (Å²) in [7, 11) is 0. The maximum absolute atomic E-state index is 12.1. The highest BCUT2D eigenvalue weighted by molar-refractivity contribution is 5.83. The normalized spacial score (nSPS) is 11.6. The fourth-order valence-corrected chi connectivity index (χ4v) is 0.520. The van der Waals surface area contributed by atoms with Crippen molar-refractivity contribution >= 4 is 5.97 Å². The first-order valence-corrected chi connectivity index (χ1v) is 3.27. The first-order chi connectivity index (χ1) is 4.68. The molecular formula is C7H11FO2. The summed E-state index contributed by atoms with van der Waals surface area (Å²) < 4.78 is 12.1. The molecule has 0 aliphatic carbocycles. The Balaban J connectivity index is 3.58. The molecule has 2 nitrogen and oxygen atoms in total. The number of allylic oxidation sites excluding steroid dienone is 1. The minimum atomic E-state index is -1.48. The van der Waals surface area contributed by atoms with Gasteiger partial charge in [-0.25, -0.2) is 4.79 Å². The van der Waals surface area contributed by atoms with Crippen LogP contribution in [-0.2, 0) is 4.79 Å². The molecule has 0 atom stereocenters. The van der Waals surface area contributed by atoms with Gasteiger partial charge < -0.3 is 5.11 Å². The first kappa shape index (κ1) is 9.14. The van der Waals surface area contributed by atoms with E-state index in [0.717, 1.165) is 18.9 Å². The Hall–Kier alpha value is -0.860. The van der Waals surface area contributed by atoms with Crippen molar-refractivity contribution in [2.24, 2.45) is 0 Å². The van der Waals surface area contributed by atoms with Crippen LogP contribution in [0.4, 0.5) is 4.39 Å². The molecule has 0 radical (unpaired) electrons. The summed E-state index contributed by atoms with van der Waals surface area (Å²) in [5.41, 5.74) is 0. The Labute approximate surface area is 59.4 Å². The van der Waals surface area contributed by atoms with E-state index in [4.69, 9.17) is 5.11 Å². The molecule has 10 heavy (non-hydrogen) atoms. The Bertz CT molecular complexity index is 141. The van der Waals surface area contributed by atoms with E-state index < -0.39 is 11.8 Å². The Morgan fingerprint density at radius 3 is 2.70 bits per heavy atom. The summed E-state index contributed by atoms with van der Waals surface area (Å²) in [4.78, 5) is 9.85. The van der Waals surface area contributed by atoms with Crippen molar-refractivity contribution < 1.29 is 14.3 Å². The van der Waals surface area contributed by atoms with Crippen LogP contribution in [0.25, 0.3) is 0 Å². The van der Waals surface area contributed by atoms with Gasteiger partial charge in [-0.05, 0) is 18.9 Å². The molecule has 0 aliphatic heterocycles. The van der Waals surface area contributed by atoms with Gasteiger partial charge in [0.2, 0.25) is 5.83 Å². The number of rotatable bonds is 4. The van der Waals surface area contributed by atoms with E-state index in [1.165, 1.54) is 0 Å². The Morgan fingerprint density at radius 1 is 1.70 bits per heavy atom. The van der Waals surface area contributed by atoms with Gasteiger partial charge in [0.05, 0.1) is 0 Å². The highest BCUT2D eigenvalue weighted by Gasteiger charge is 2.02. The highest BCUT2D eigenvalue weighted by Crippen LogP contribution is 2.02. The summed E-state index contributed by atoms with van der Waals surface area (Å²) in [5.74, 6) is -2.52. The summed E-state index contributed by atoms with van der Waals surface area (Å²) in [6.45, 7) is 1.96. The molecule has 0 saturated carbocycles. The molecule has 0 aromatic heterocycles. The third-order valence-electron chi connectivity index (χ3n) is 1.09. The van der Waals surface area contributed by atoms with E-state index in [9.17, 15) is 9.18 Å². The highest BCUT2D eigenvalue weighted by atomic mass is 19.1. The summed E-state index contributed by atoms with van der Waals surface area (Å²) in [6, 6.07) is 0. The van der Waals surface area contributed by atoms with Crippen LogP contribution in [0.15, 0.2) is 11.9 Å². The molecule has 0 fully saturated rings. The molecule has 0 amide bonds. The van der Waals surface area contributed by atoms with Crippen molar-refractivity contribution in [3.63, 3.8) is 0 Å². The predicted octanol–water partition coefficient (Wildman–Crippen LogP) is 2.11. The second-order valence-electron chi connectivity index (χ2n) is 2.00. The van der Waals surface area contributed by atoms with E-state index in [0.29, 0.717) is 6.42 Å². The molecule has 0 heterocycles. The molecular weight excluding hydrogens is 135 g/mol. The van der Waals surface area contributed by atoms with Crippen LogP contribution in [0.2, 0.25) is 0 Å². The molecule has 0 aromatic carbocycles. The van der Waals surface area contributed by atoms with Gasteiger partial charge in [-0.3, -0.25) is 0 Å². The molecule has 0 bridgehead atoms. The zero-order valence-electron chi connectivity index (χ0n) is 5.93. The van der Waals surface area contributed by atoms with E-state index in [2.05, 4.69) is 0 Å². The lowest BCUT2D eigenvalue weighted by atomic mass is 10.2. The lowest BCUT2D eigenvalue weighted by Crippen LogP contribution is -1.93.